The summed E-state index contributed by atoms with van der Waals surface area (Å²) in [6.45, 7) is 14.6. The minimum atomic E-state index is -1.54. The van der Waals surface area contributed by atoms with Crippen LogP contribution in [0, 0.1) is 44.8 Å². The van der Waals surface area contributed by atoms with Crippen molar-refractivity contribution in [1.29, 1.82) is 0 Å². The molecule has 8 rings (SSSR count). The average Bonchev–Trinajstić information content (AvgIpc) is 3.48. The third-order valence-corrected chi connectivity index (χ3v) is 17.7. The van der Waals surface area contributed by atoms with E-state index in [0.717, 1.165) is 51.4 Å². The van der Waals surface area contributed by atoms with Crippen molar-refractivity contribution in [1.82, 2.24) is 0 Å². The Labute approximate surface area is 319 Å². The van der Waals surface area contributed by atoms with E-state index in [-0.39, 0.29) is 51.8 Å². The highest BCUT2D eigenvalue weighted by molar-refractivity contribution is 5.32. The molecule has 3 aliphatic heterocycles. The number of hydrogen-bond donors (Lipinski definition) is 8. The van der Waals surface area contributed by atoms with E-state index in [1.807, 2.05) is 0 Å². The van der Waals surface area contributed by atoms with Crippen LogP contribution in [0.3, 0.4) is 0 Å². The summed E-state index contributed by atoms with van der Waals surface area (Å²) in [4.78, 5) is 0. The highest BCUT2D eigenvalue weighted by atomic mass is 16.7. The van der Waals surface area contributed by atoms with E-state index < -0.39 is 79.2 Å². The number of aliphatic hydroxyl groups is 8. The van der Waals surface area contributed by atoms with Crippen LogP contribution in [0.15, 0.2) is 0 Å². The van der Waals surface area contributed by atoms with Crippen LogP contribution in [-0.2, 0) is 23.7 Å². The smallest absolute Gasteiger partial charge is 0.186 e. The molecule has 8 aliphatic rings. The first-order valence-corrected chi connectivity index (χ1v) is 20.8. The molecule has 13 nitrogen and oxygen atoms in total. The Morgan fingerprint density at radius 1 is 0.704 bits per heavy atom. The predicted octanol–water partition coefficient (Wildman–Crippen LogP) is 1.75. The van der Waals surface area contributed by atoms with Gasteiger partial charge in [0.25, 0.3) is 0 Å². The molecule has 3 saturated heterocycles. The van der Waals surface area contributed by atoms with Gasteiger partial charge >= 0.3 is 0 Å². The van der Waals surface area contributed by atoms with Crippen LogP contribution in [0.4, 0.5) is 0 Å². The fourth-order valence-corrected chi connectivity index (χ4v) is 14.8. The van der Waals surface area contributed by atoms with Gasteiger partial charge in [0.05, 0.1) is 42.7 Å². The zero-order valence-corrected chi connectivity index (χ0v) is 33.3. The summed E-state index contributed by atoms with van der Waals surface area (Å²) >= 11 is 0. The lowest BCUT2D eigenvalue weighted by Gasteiger charge is -2.64. The molecule has 8 fully saturated rings. The van der Waals surface area contributed by atoms with Gasteiger partial charge in [0.15, 0.2) is 12.6 Å². The molecule has 0 amide bonds. The summed E-state index contributed by atoms with van der Waals surface area (Å²) in [5.41, 5.74) is -2.02. The van der Waals surface area contributed by atoms with Gasteiger partial charge in [0, 0.05) is 5.92 Å². The van der Waals surface area contributed by atoms with Crippen LogP contribution in [0.2, 0.25) is 0 Å². The summed E-state index contributed by atoms with van der Waals surface area (Å²) < 4.78 is 31.9. The first kappa shape index (κ1) is 40.3. The molecular weight excluding hydrogens is 700 g/mol. The van der Waals surface area contributed by atoms with Crippen LogP contribution in [0.1, 0.15) is 113 Å². The summed E-state index contributed by atoms with van der Waals surface area (Å²) in [5, 5.41) is 84.5. The minimum absolute atomic E-state index is 0.0872. The van der Waals surface area contributed by atoms with Gasteiger partial charge in [0.1, 0.15) is 42.7 Å². The third kappa shape index (κ3) is 5.50. The zero-order valence-electron chi connectivity index (χ0n) is 33.3. The largest absolute Gasteiger partial charge is 0.394 e. The second kappa shape index (κ2) is 13.0. The number of ether oxygens (including phenoxy) is 5. The molecule has 0 radical (unpaired) electrons. The molecule has 2 spiro atoms. The molecule has 20 atom stereocenters. The molecule has 5 saturated carbocycles. The van der Waals surface area contributed by atoms with Crippen molar-refractivity contribution >= 4 is 0 Å². The first-order valence-electron chi connectivity index (χ1n) is 20.8. The molecule has 0 bridgehead atoms. The Hall–Kier alpha value is -0.520. The Bertz CT molecular complexity index is 1420. The van der Waals surface area contributed by atoms with Gasteiger partial charge in [-0.2, -0.15) is 0 Å². The summed E-state index contributed by atoms with van der Waals surface area (Å²) in [5.74, 6) is 0.663. The Balaban J connectivity index is 1.09. The van der Waals surface area contributed by atoms with Crippen molar-refractivity contribution in [3.63, 3.8) is 0 Å². The molecule has 5 aliphatic carbocycles. The maximum absolute atomic E-state index is 11.1. The molecule has 3 heterocycles. The van der Waals surface area contributed by atoms with E-state index in [0.29, 0.717) is 24.7 Å². The number of rotatable bonds is 7. The molecule has 0 aromatic rings. The SMILES string of the molecule is CC(C)(O)C1CCC(C)(C2C(OC3OC(CO)C(O)C(O)C3O)CC3(C)C4CCC5C(C)(C)C(OC6OCC(O)C(O)C6O)CCC56CC46CCC23C)O1. The fourth-order valence-electron chi connectivity index (χ4n) is 14.8. The number of aliphatic hydroxyl groups excluding tert-OH is 7. The lowest BCUT2D eigenvalue weighted by atomic mass is 9.41. The molecule has 54 heavy (non-hydrogen) atoms. The Kier molecular flexibility index (Phi) is 9.69. The van der Waals surface area contributed by atoms with Crippen LogP contribution in [0.5, 0.6) is 0 Å². The van der Waals surface area contributed by atoms with Gasteiger partial charge in [-0.1, -0.05) is 27.7 Å². The summed E-state index contributed by atoms with van der Waals surface area (Å²) in [6, 6.07) is 0. The van der Waals surface area contributed by atoms with Gasteiger partial charge < -0.3 is 64.5 Å². The van der Waals surface area contributed by atoms with Crippen molar-refractivity contribution in [2.75, 3.05) is 13.2 Å². The number of fused-ring (bicyclic) bond motifs is 2. The van der Waals surface area contributed by atoms with E-state index in [1.54, 1.807) is 13.8 Å². The number of hydrogen-bond acceptors (Lipinski definition) is 13. The maximum atomic E-state index is 11.1. The van der Waals surface area contributed by atoms with Gasteiger partial charge in [-0.25, -0.2) is 0 Å². The Morgan fingerprint density at radius 3 is 2.04 bits per heavy atom. The van der Waals surface area contributed by atoms with Gasteiger partial charge in [-0.3, -0.25) is 0 Å². The molecule has 0 aromatic heterocycles. The molecule has 310 valence electrons. The second-order valence-electron chi connectivity index (χ2n) is 20.9. The fraction of sp³-hybridized carbons (Fsp3) is 1.00. The van der Waals surface area contributed by atoms with Crippen molar-refractivity contribution in [2.45, 2.75) is 197 Å². The maximum Gasteiger partial charge on any atom is 0.186 e. The van der Waals surface area contributed by atoms with Crippen LogP contribution < -0.4 is 0 Å². The third-order valence-electron chi connectivity index (χ3n) is 17.7. The molecule has 8 N–H and O–H groups in total. The van der Waals surface area contributed by atoms with Crippen molar-refractivity contribution in [2.24, 2.45) is 44.8 Å². The highest BCUT2D eigenvalue weighted by Gasteiger charge is 2.84. The minimum Gasteiger partial charge on any atom is -0.394 e. The van der Waals surface area contributed by atoms with E-state index in [9.17, 15) is 40.9 Å². The predicted molar refractivity (Wildman–Crippen MR) is 192 cm³/mol. The van der Waals surface area contributed by atoms with Gasteiger partial charge in [0.2, 0.25) is 0 Å². The Morgan fingerprint density at radius 2 is 1.37 bits per heavy atom. The molecule has 0 aromatic carbocycles. The zero-order chi connectivity index (χ0) is 39.2. The van der Waals surface area contributed by atoms with Crippen LogP contribution in [0.25, 0.3) is 0 Å². The molecular formula is C41H68O13. The normalized spacial score (nSPS) is 58.2. The van der Waals surface area contributed by atoms with E-state index in [2.05, 4.69) is 34.6 Å². The van der Waals surface area contributed by atoms with Crippen molar-refractivity contribution < 1.29 is 64.5 Å². The van der Waals surface area contributed by atoms with E-state index in [1.165, 1.54) is 0 Å². The van der Waals surface area contributed by atoms with Crippen LogP contribution in [-0.4, -0.2) is 139 Å². The quantitative estimate of drug-likeness (QED) is 0.174. The van der Waals surface area contributed by atoms with Gasteiger partial charge in [-0.05, 0) is 124 Å². The molecule has 13 heteroatoms. The summed E-state index contributed by atoms with van der Waals surface area (Å²) in [6.07, 6.45) is -3.37. The average molecular weight is 769 g/mol. The van der Waals surface area contributed by atoms with E-state index >= 15 is 0 Å². The van der Waals surface area contributed by atoms with E-state index in [4.69, 9.17) is 23.7 Å². The standard InChI is InChI=1S/C41H68O13/c1-35(2)23-8-9-24-38(6)16-21(51-34-31(48)29(46)28(45)22(17-42)52-34)32(39(7)12-10-26(54-39)36(3,4)49)37(38,5)14-15-41(24)19-40(23,41)13-11-25(35)53-33-30(47)27(44)20(43)18-50-33/h20-34,42-49H,8-19H2,1-7H3. The lowest BCUT2D eigenvalue weighted by molar-refractivity contribution is -0.319. The van der Waals surface area contributed by atoms with Crippen molar-refractivity contribution in [3.05, 3.63) is 0 Å². The topological polar surface area (TPSA) is 208 Å². The monoisotopic (exact) mass is 768 g/mol. The lowest BCUT2D eigenvalue weighted by Crippen LogP contribution is -2.61. The van der Waals surface area contributed by atoms with Gasteiger partial charge in [-0.15, -0.1) is 0 Å². The van der Waals surface area contributed by atoms with Crippen LogP contribution >= 0.6 is 0 Å². The highest BCUT2D eigenvalue weighted by Crippen LogP contribution is 2.89. The summed E-state index contributed by atoms with van der Waals surface area (Å²) in [7, 11) is 0. The first-order chi connectivity index (χ1) is 25.1. The second-order valence-corrected chi connectivity index (χ2v) is 20.9. The van der Waals surface area contributed by atoms with Crippen molar-refractivity contribution in [3.8, 4) is 0 Å². The molecule has 20 unspecified atom stereocenters.